The minimum absolute atomic E-state index is 0.862. The molecule has 0 aliphatic rings. The molecule has 0 saturated carbocycles. The summed E-state index contributed by atoms with van der Waals surface area (Å²) in [5.41, 5.74) is -14.1. The first-order valence-corrected chi connectivity index (χ1v) is 37.9. The Morgan fingerprint density at radius 1 is 0.204 bits per heavy atom. The topological polar surface area (TPSA) is 25.8 Å². The fraction of sp³-hybridized carbons (Fsp3) is 0.439. The number of halogens is 28. The molecule has 2 N–H and O–H groups in total. The second-order valence-electron chi connectivity index (χ2n) is 28.3. The average Bonchev–Trinajstić information content (AvgIpc) is 0.661. The van der Waals surface area contributed by atoms with E-state index in [1.165, 1.54) is 218 Å². The van der Waals surface area contributed by atoms with E-state index in [1.54, 1.807) is 0 Å². The van der Waals surface area contributed by atoms with Crippen molar-refractivity contribution < 1.29 is 133 Å². The zero-order valence-corrected chi connectivity index (χ0v) is 61.5. The van der Waals surface area contributed by atoms with Gasteiger partial charge in [-0.25, -0.2) is 123 Å². The number of fused-ring (bicyclic) bond motifs is 4. The molecular formula is C82H80BF28NO. The molecule has 9 aromatic carbocycles. The smallest absolute Gasteiger partial charge is 0.198 e. The Kier molecular flexibility index (Phi) is 32.8. The van der Waals surface area contributed by atoms with Crippen molar-refractivity contribution in [1.82, 2.24) is 0 Å². The zero-order valence-electron chi connectivity index (χ0n) is 61.5. The van der Waals surface area contributed by atoms with Gasteiger partial charge in [0.1, 0.15) is 40.9 Å². The highest BCUT2D eigenvalue weighted by Crippen LogP contribution is 2.42. The largest absolute Gasteiger partial charge is 0.494 e. The lowest BCUT2D eigenvalue weighted by atomic mass is 9.11. The summed E-state index contributed by atoms with van der Waals surface area (Å²) in [6, 6.07) is 8.78. The SMILES string of the molecule is CCCCCCCCCCCCCCCCCC[NH2+]c1ccc(OCCCCCCCCCCCCCCCCCC)cc1.Fc1c(F)c(F)c2c([B-](c3c(F)c(F)c(F)c4c(F)c(F)c(F)c(F)c34)(c3c(F)c(F)c(F)c4c(F)c(F)c(F)c(F)c34)c3c(F)c(F)c(F)c4c(F)c(F)c(F)c(F)c34)c(F)c(F)c(F)c2c1F. The van der Waals surface area contributed by atoms with E-state index in [0.717, 1.165) is 12.4 Å². The van der Waals surface area contributed by atoms with Crippen LogP contribution in [0.5, 0.6) is 5.75 Å². The van der Waals surface area contributed by atoms with Crippen molar-refractivity contribution in [2.24, 2.45) is 0 Å². The average molecular weight is 1640 g/mol. The van der Waals surface area contributed by atoms with Gasteiger partial charge in [-0.1, -0.05) is 200 Å². The molecule has 0 heterocycles. The van der Waals surface area contributed by atoms with E-state index in [9.17, 15) is 17.6 Å². The fourth-order valence-electron chi connectivity index (χ4n) is 15.1. The summed E-state index contributed by atoms with van der Waals surface area (Å²) in [6.07, 6.45) is 37.5. The minimum Gasteiger partial charge on any atom is -0.494 e. The molecule has 0 saturated heterocycles. The second kappa shape index (κ2) is 40.9. The molecule has 2 nitrogen and oxygen atoms in total. The first-order valence-electron chi connectivity index (χ1n) is 37.9. The van der Waals surface area contributed by atoms with Crippen LogP contribution in [0.15, 0.2) is 24.3 Å². The molecule has 113 heavy (non-hydrogen) atoms. The highest BCUT2D eigenvalue weighted by atomic mass is 19.2. The number of ether oxygens (including phenoxy) is 1. The lowest BCUT2D eigenvalue weighted by molar-refractivity contribution is -0.572. The molecule has 0 aliphatic carbocycles. The molecule has 0 aromatic heterocycles. The van der Waals surface area contributed by atoms with Gasteiger partial charge in [0.05, 0.1) is 34.7 Å². The van der Waals surface area contributed by atoms with Gasteiger partial charge in [-0.15, -0.1) is 21.9 Å². The van der Waals surface area contributed by atoms with Crippen molar-refractivity contribution in [3.05, 3.63) is 187 Å². The molecule has 0 radical (unpaired) electrons. The van der Waals surface area contributed by atoms with E-state index in [1.807, 2.05) is 0 Å². The maximum atomic E-state index is 17.3. The van der Waals surface area contributed by atoms with Crippen molar-refractivity contribution in [2.75, 3.05) is 13.2 Å². The fourth-order valence-corrected chi connectivity index (χ4v) is 15.1. The van der Waals surface area contributed by atoms with E-state index in [0.29, 0.717) is 0 Å². The van der Waals surface area contributed by atoms with Gasteiger partial charge in [0, 0.05) is 12.1 Å². The Balaban J connectivity index is 0.000000315. The Bertz CT molecular complexity index is 4300. The molecule has 9 aromatic rings. The predicted molar refractivity (Wildman–Crippen MR) is 376 cm³/mol. The van der Waals surface area contributed by atoms with Crippen molar-refractivity contribution in [1.29, 1.82) is 0 Å². The van der Waals surface area contributed by atoms with E-state index < -0.39 is 234 Å². The van der Waals surface area contributed by atoms with Gasteiger partial charge >= 0.3 is 0 Å². The van der Waals surface area contributed by atoms with Crippen LogP contribution in [0.2, 0.25) is 0 Å². The zero-order chi connectivity index (χ0) is 83.0. The van der Waals surface area contributed by atoms with Crippen LogP contribution < -0.4 is 31.9 Å². The van der Waals surface area contributed by atoms with Crippen LogP contribution in [-0.2, 0) is 0 Å². The van der Waals surface area contributed by atoms with Gasteiger partial charge < -0.3 is 10.1 Å². The van der Waals surface area contributed by atoms with Crippen LogP contribution in [0, 0.1) is 163 Å². The second-order valence-corrected chi connectivity index (χ2v) is 28.3. The van der Waals surface area contributed by atoms with Gasteiger partial charge in [-0.2, -0.15) is 0 Å². The predicted octanol–water partition coefficient (Wildman–Crippen LogP) is 25.4. The number of nitrogens with two attached hydrogens (primary N) is 1. The molecule has 0 atom stereocenters. The number of hydrogen-bond acceptors (Lipinski definition) is 1. The molecular weight excluding hydrogens is 1560 g/mol. The molecule has 0 amide bonds. The molecule has 618 valence electrons. The minimum atomic E-state index is -8.05. The Labute approximate surface area is 632 Å². The van der Waals surface area contributed by atoms with Gasteiger partial charge in [0.15, 0.2) is 140 Å². The van der Waals surface area contributed by atoms with Gasteiger partial charge in [0.2, 0.25) is 0 Å². The summed E-state index contributed by atoms with van der Waals surface area (Å²) in [6.45, 7) is 6.67. The quantitative estimate of drug-likeness (QED) is 0.0102. The molecule has 0 spiro atoms. The first kappa shape index (κ1) is 90.4. The molecule has 0 aliphatic heterocycles. The van der Waals surface area contributed by atoms with Crippen molar-refractivity contribution in [2.45, 2.75) is 219 Å². The number of unbranched alkanes of at least 4 members (excludes halogenated alkanes) is 30. The number of quaternary nitrogens is 1. The normalized spacial score (nSPS) is 12.0. The van der Waals surface area contributed by atoms with Gasteiger partial charge in [0.25, 0.3) is 0 Å². The summed E-state index contributed by atoms with van der Waals surface area (Å²) in [5, 5.41) is -24.6. The molecule has 0 bridgehead atoms. The Morgan fingerprint density at radius 2 is 0.381 bits per heavy atom. The number of rotatable bonds is 40. The van der Waals surface area contributed by atoms with Gasteiger partial charge in [-0.3, -0.25) is 0 Å². The summed E-state index contributed by atoms with van der Waals surface area (Å²) in [5.74, 6) is -103. The monoisotopic (exact) mass is 1640 g/mol. The van der Waals surface area contributed by atoms with E-state index in [2.05, 4.69) is 43.4 Å². The Morgan fingerprint density at radius 3 is 0.593 bits per heavy atom. The third-order valence-corrected chi connectivity index (χ3v) is 20.8. The lowest BCUT2D eigenvalue weighted by Gasteiger charge is -2.47. The number of hydrogen-bond donors (Lipinski definition) is 1. The van der Waals surface area contributed by atoms with E-state index >= 15 is 105 Å². The Hall–Kier alpha value is -8.12. The van der Waals surface area contributed by atoms with E-state index in [-0.39, 0.29) is 0 Å². The third-order valence-electron chi connectivity index (χ3n) is 20.8. The first-order chi connectivity index (χ1) is 53.9. The molecule has 9 rings (SSSR count). The highest BCUT2D eigenvalue weighted by molar-refractivity contribution is 7.23. The van der Waals surface area contributed by atoms with Crippen molar-refractivity contribution in [3.8, 4) is 5.75 Å². The summed E-state index contributed by atoms with van der Waals surface area (Å²) in [7, 11) is 0. The van der Waals surface area contributed by atoms with Crippen LogP contribution >= 0.6 is 0 Å². The molecule has 0 unspecified atom stereocenters. The summed E-state index contributed by atoms with van der Waals surface area (Å²) < 4.78 is 452. The van der Waals surface area contributed by atoms with Crippen LogP contribution in [0.3, 0.4) is 0 Å². The third kappa shape index (κ3) is 18.7. The highest BCUT2D eigenvalue weighted by Gasteiger charge is 2.52. The maximum absolute atomic E-state index is 17.3. The van der Waals surface area contributed by atoms with Gasteiger partial charge in [-0.05, 0) is 52.9 Å². The standard InChI is InChI=1S/C42H79NO.C40BF28/c1-3-5-7-9-11-13-15-17-19-21-23-25-27-29-31-33-39-43-41-35-37-42(38-36-41)44-40-34-32-30-28-26-24-22-20-18-16-14-12-10-8-6-4-2;42-13-1-5(21(50)37(66)33(13)62)17(46)29(58)25(54)9(1)41(10-2-6(18(47)30(59)26(10)55)22(51)38(67)34(63)14(2)43,11-3-7(19(48)31(60)27(11)56)23(52)39(68)35(64)15(3)44)12-4-8(20(49)32(61)28(12)57)24(53)40(69)36(65)16(4)45/h35-38,43H,3-34,39-40H2,1-2H3;/q;-1/p+1. The van der Waals surface area contributed by atoms with Crippen molar-refractivity contribution >= 4 is 76.8 Å². The lowest BCUT2D eigenvalue weighted by Crippen LogP contribution is -2.79. The van der Waals surface area contributed by atoms with Crippen LogP contribution in [-0.4, -0.2) is 19.3 Å². The maximum Gasteiger partial charge on any atom is 0.198 e. The molecule has 0 fully saturated rings. The van der Waals surface area contributed by atoms with E-state index in [4.69, 9.17) is 4.74 Å². The van der Waals surface area contributed by atoms with Crippen LogP contribution in [0.4, 0.5) is 129 Å². The van der Waals surface area contributed by atoms with Crippen LogP contribution in [0.25, 0.3) is 43.1 Å². The summed E-state index contributed by atoms with van der Waals surface area (Å²) in [4.78, 5) is 0. The summed E-state index contributed by atoms with van der Waals surface area (Å²) >= 11 is 0. The van der Waals surface area contributed by atoms with Crippen molar-refractivity contribution in [3.63, 3.8) is 0 Å². The molecule has 31 heteroatoms. The van der Waals surface area contributed by atoms with Crippen LogP contribution in [0.1, 0.15) is 219 Å². The number of benzene rings is 9.